The van der Waals surface area contributed by atoms with Gasteiger partial charge < -0.3 is 15.4 Å². The first-order valence-corrected chi connectivity index (χ1v) is 9.97. The zero-order valence-electron chi connectivity index (χ0n) is 16.3. The van der Waals surface area contributed by atoms with Crippen molar-refractivity contribution >= 4 is 35.2 Å². The van der Waals surface area contributed by atoms with Crippen LogP contribution in [-0.4, -0.2) is 36.0 Å². The molecule has 2 aromatic carbocycles. The number of ether oxygens (including phenoxy) is 1. The molecule has 3 amide bonds. The second-order valence-corrected chi connectivity index (χ2v) is 7.43. The number of benzene rings is 2. The Labute approximate surface area is 178 Å². The smallest absolute Gasteiger partial charge is 0.338 e. The fourth-order valence-electron chi connectivity index (χ4n) is 3.59. The molecule has 0 fully saturated rings. The van der Waals surface area contributed by atoms with Gasteiger partial charge in [-0.2, -0.15) is 0 Å². The van der Waals surface area contributed by atoms with Crippen molar-refractivity contribution in [3.8, 4) is 0 Å². The number of cyclic esters (lactones) is 1. The average Bonchev–Trinajstić information content (AvgIpc) is 3.12. The van der Waals surface area contributed by atoms with Crippen molar-refractivity contribution in [2.45, 2.75) is 19.4 Å². The third-order valence-corrected chi connectivity index (χ3v) is 5.51. The molecule has 8 heteroatoms. The van der Waals surface area contributed by atoms with Gasteiger partial charge in [0.05, 0.1) is 17.3 Å². The number of carbonyl (C=O) groups excluding carboxylic acids is 3. The topological polar surface area (TPSA) is 87.7 Å². The molecule has 4 rings (SSSR count). The zero-order chi connectivity index (χ0) is 21.3. The number of nitrogens with one attached hydrogen (secondary N) is 2. The van der Waals surface area contributed by atoms with E-state index in [9.17, 15) is 14.4 Å². The standard InChI is InChI=1S/C22H20ClN3O4/c1-2-13-7-9-14(10-8-13)24-18(27)11-26-17-12-30-21(28)19(17)20(25-22(26)29)15-5-3-4-6-16(15)23/h3-10,20H,2,11-12H2,1H3,(H,24,27)(H,25,29). The molecule has 2 N–H and O–H groups in total. The van der Waals surface area contributed by atoms with E-state index in [-0.39, 0.29) is 19.1 Å². The monoisotopic (exact) mass is 425 g/mol. The van der Waals surface area contributed by atoms with Gasteiger partial charge in [-0.3, -0.25) is 9.69 Å². The molecule has 2 aliphatic heterocycles. The van der Waals surface area contributed by atoms with Crippen LogP contribution in [0.15, 0.2) is 59.8 Å². The van der Waals surface area contributed by atoms with Crippen LogP contribution >= 0.6 is 11.6 Å². The lowest BCUT2D eigenvalue weighted by atomic mass is 9.95. The number of halogens is 1. The lowest BCUT2D eigenvalue weighted by Crippen LogP contribution is -2.49. The first-order chi connectivity index (χ1) is 14.5. The Bertz CT molecular complexity index is 1050. The lowest BCUT2D eigenvalue weighted by molar-refractivity contribution is -0.136. The molecule has 0 saturated carbocycles. The molecule has 0 spiro atoms. The van der Waals surface area contributed by atoms with Gasteiger partial charge in [-0.05, 0) is 35.7 Å². The quantitative estimate of drug-likeness (QED) is 0.718. The molecule has 0 radical (unpaired) electrons. The molecule has 0 aliphatic carbocycles. The molecule has 0 bridgehead atoms. The van der Waals surface area contributed by atoms with Crippen LogP contribution in [0.2, 0.25) is 5.02 Å². The second-order valence-electron chi connectivity index (χ2n) is 7.03. The van der Waals surface area contributed by atoms with Gasteiger partial charge in [0, 0.05) is 10.7 Å². The van der Waals surface area contributed by atoms with Crippen LogP contribution in [0, 0.1) is 0 Å². The summed E-state index contributed by atoms with van der Waals surface area (Å²) in [5, 5.41) is 5.97. The number of anilines is 1. The normalized spacial score (nSPS) is 18.1. The van der Waals surface area contributed by atoms with Gasteiger partial charge in [0.25, 0.3) is 0 Å². The highest BCUT2D eigenvalue weighted by Crippen LogP contribution is 2.37. The second kappa shape index (κ2) is 8.20. The summed E-state index contributed by atoms with van der Waals surface area (Å²) in [7, 11) is 0. The number of esters is 1. The van der Waals surface area contributed by atoms with Crippen LogP contribution in [0.4, 0.5) is 10.5 Å². The summed E-state index contributed by atoms with van der Waals surface area (Å²) in [5.41, 5.74) is 3.06. The van der Waals surface area contributed by atoms with Gasteiger partial charge in [-0.25, -0.2) is 9.59 Å². The van der Waals surface area contributed by atoms with E-state index in [1.165, 1.54) is 4.90 Å². The number of rotatable bonds is 5. The van der Waals surface area contributed by atoms with E-state index in [4.69, 9.17) is 16.3 Å². The SMILES string of the molecule is CCc1ccc(NC(=O)CN2C(=O)NC(c3ccccc3Cl)C3=C2COC3=O)cc1. The maximum atomic E-state index is 12.8. The Hall–Kier alpha value is -3.32. The van der Waals surface area contributed by atoms with Gasteiger partial charge in [-0.15, -0.1) is 0 Å². The van der Waals surface area contributed by atoms with Crippen molar-refractivity contribution in [2.24, 2.45) is 0 Å². The minimum atomic E-state index is -0.725. The molecular formula is C22H20ClN3O4. The molecule has 1 atom stereocenters. The van der Waals surface area contributed by atoms with Crippen LogP contribution in [0.5, 0.6) is 0 Å². The summed E-state index contributed by atoms with van der Waals surface area (Å²) < 4.78 is 5.17. The number of hydrogen-bond acceptors (Lipinski definition) is 4. The molecule has 30 heavy (non-hydrogen) atoms. The van der Waals surface area contributed by atoms with Crippen LogP contribution in [0.1, 0.15) is 24.1 Å². The summed E-state index contributed by atoms with van der Waals surface area (Å²) in [4.78, 5) is 39.0. The number of urea groups is 1. The predicted octanol–water partition coefficient (Wildman–Crippen LogP) is 3.42. The molecule has 0 saturated heterocycles. The largest absolute Gasteiger partial charge is 0.456 e. The Morgan fingerprint density at radius 1 is 1.20 bits per heavy atom. The number of aryl methyl sites for hydroxylation is 1. The fraction of sp³-hybridized carbons (Fsp3) is 0.227. The van der Waals surface area contributed by atoms with E-state index in [2.05, 4.69) is 17.6 Å². The summed E-state index contributed by atoms with van der Waals surface area (Å²) in [6, 6.07) is 13.2. The molecule has 1 unspecified atom stereocenters. The molecule has 2 aromatic rings. The Kier molecular flexibility index (Phi) is 5.46. The van der Waals surface area contributed by atoms with Gasteiger partial charge in [0.15, 0.2) is 0 Å². The number of carbonyl (C=O) groups is 3. The zero-order valence-corrected chi connectivity index (χ0v) is 17.0. The fourth-order valence-corrected chi connectivity index (χ4v) is 3.83. The lowest BCUT2D eigenvalue weighted by Gasteiger charge is -2.32. The maximum absolute atomic E-state index is 12.8. The van der Waals surface area contributed by atoms with Crippen molar-refractivity contribution in [1.82, 2.24) is 10.2 Å². The van der Waals surface area contributed by atoms with E-state index >= 15 is 0 Å². The average molecular weight is 426 g/mol. The van der Waals surface area contributed by atoms with Crippen molar-refractivity contribution in [2.75, 3.05) is 18.5 Å². The third-order valence-electron chi connectivity index (χ3n) is 5.16. The van der Waals surface area contributed by atoms with Gasteiger partial charge >= 0.3 is 12.0 Å². The molecular weight excluding hydrogens is 406 g/mol. The van der Waals surface area contributed by atoms with Gasteiger partial charge in [0.2, 0.25) is 5.91 Å². The Balaban J connectivity index is 1.57. The highest BCUT2D eigenvalue weighted by molar-refractivity contribution is 6.31. The van der Waals surface area contributed by atoms with Crippen LogP contribution in [0.3, 0.4) is 0 Å². The van der Waals surface area contributed by atoms with Crippen LogP contribution < -0.4 is 10.6 Å². The van der Waals surface area contributed by atoms with E-state index in [1.807, 2.05) is 24.3 Å². The Morgan fingerprint density at radius 3 is 2.63 bits per heavy atom. The summed E-state index contributed by atoms with van der Waals surface area (Å²) in [5.74, 6) is -0.910. The summed E-state index contributed by atoms with van der Waals surface area (Å²) >= 11 is 6.27. The number of nitrogens with zero attached hydrogens (tertiary/aromatic N) is 1. The first-order valence-electron chi connectivity index (χ1n) is 9.59. The highest BCUT2D eigenvalue weighted by atomic mass is 35.5. The minimum Gasteiger partial charge on any atom is -0.456 e. The minimum absolute atomic E-state index is 0.0684. The third kappa shape index (κ3) is 3.76. The number of hydrogen-bond donors (Lipinski definition) is 2. The van der Waals surface area contributed by atoms with Crippen LogP contribution in [0.25, 0.3) is 0 Å². The van der Waals surface area contributed by atoms with Crippen molar-refractivity contribution in [3.63, 3.8) is 0 Å². The summed E-state index contributed by atoms with van der Waals surface area (Å²) in [6.45, 7) is 1.74. The van der Waals surface area contributed by atoms with E-state index in [0.717, 1.165) is 12.0 Å². The van der Waals surface area contributed by atoms with E-state index in [1.54, 1.807) is 24.3 Å². The molecule has 154 valence electrons. The number of amides is 3. The van der Waals surface area contributed by atoms with Crippen molar-refractivity contribution in [1.29, 1.82) is 0 Å². The van der Waals surface area contributed by atoms with E-state index in [0.29, 0.717) is 27.5 Å². The predicted molar refractivity (Wildman–Crippen MR) is 112 cm³/mol. The molecule has 0 aromatic heterocycles. The van der Waals surface area contributed by atoms with Gasteiger partial charge in [-0.1, -0.05) is 48.9 Å². The van der Waals surface area contributed by atoms with Crippen molar-refractivity contribution in [3.05, 3.63) is 76.0 Å². The molecule has 2 heterocycles. The highest BCUT2D eigenvalue weighted by Gasteiger charge is 2.43. The van der Waals surface area contributed by atoms with E-state index < -0.39 is 18.0 Å². The van der Waals surface area contributed by atoms with Crippen molar-refractivity contribution < 1.29 is 19.1 Å². The van der Waals surface area contributed by atoms with Gasteiger partial charge in [0.1, 0.15) is 13.2 Å². The maximum Gasteiger partial charge on any atom is 0.338 e. The molecule has 7 nitrogen and oxygen atoms in total. The first kappa shape index (κ1) is 20.0. The molecule has 2 aliphatic rings. The summed E-state index contributed by atoms with van der Waals surface area (Å²) in [6.07, 6.45) is 0.903. The Morgan fingerprint density at radius 2 is 1.93 bits per heavy atom. The van der Waals surface area contributed by atoms with Crippen LogP contribution in [-0.2, 0) is 20.7 Å².